The van der Waals surface area contributed by atoms with Crippen LogP contribution in [0.2, 0.25) is 5.15 Å². The van der Waals surface area contributed by atoms with Gasteiger partial charge in [-0.3, -0.25) is 14.9 Å². The van der Waals surface area contributed by atoms with Crippen molar-refractivity contribution in [1.82, 2.24) is 15.3 Å². The summed E-state index contributed by atoms with van der Waals surface area (Å²) in [6.45, 7) is 0. The summed E-state index contributed by atoms with van der Waals surface area (Å²) in [6.07, 6.45) is 4.37. The number of benzene rings is 3. The van der Waals surface area contributed by atoms with Crippen LogP contribution in [0.3, 0.4) is 0 Å². The molecule has 3 amide bonds. The number of hydrogen-bond donors (Lipinski definition) is 4. The summed E-state index contributed by atoms with van der Waals surface area (Å²) in [5.41, 5.74) is 2.37. The Kier molecular flexibility index (Phi) is 7.60. The quantitative estimate of drug-likeness (QED) is 0.229. The first-order valence-electron chi connectivity index (χ1n) is 12.4. The molecule has 3 aromatic carbocycles. The second-order valence-electron chi connectivity index (χ2n) is 9.01. The Bertz CT molecular complexity index is 1590. The summed E-state index contributed by atoms with van der Waals surface area (Å²) in [5.74, 6) is 0.0314. The van der Waals surface area contributed by atoms with Gasteiger partial charge in [-0.2, -0.15) is 0 Å². The molecule has 5 rings (SSSR count). The van der Waals surface area contributed by atoms with Crippen LogP contribution in [0.1, 0.15) is 41.5 Å². The summed E-state index contributed by atoms with van der Waals surface area (Å²) in [5, 5.41) is 10.7. The van der Waals surface area contributed by atoms with Gasteiger partial charge in [0, 0.05) is 23.2 Å². The van der Waals surface area contributed by atoms with E-state index in [1.807, 2.05) is 48.6 Å². The summed E-state index contributed by atoms with van der Waals surface area (Å²) < 4.78 is 4.67. The Hall–Kier alpha value is -4.63. The van der Waals surface area contributed by atoms with Gasteiger partial charge in [-0.1, -0.05) is 60.2 Å². The van der Waals surface area contributed by atoms with E-state index < -0.39 is 12.1 Å². The SMILES string of the molecule is COC(=O)Nc1ccc2c(c1)NC(=O)CCC=CCC(NC(=O)c1cccc3ccccc13)c1nc-2c(Cl)[nH]1. The van der Waals surface area contributed by atoms with Crippen molar-refractivity contribution in [3.8, 4) is 11.3 Å². The van der Waals surface area contributed by atoms with Crippen molar-refractivity contribution in [1.29, 1.82) is 0 Å². The van der Waals surface area contributed by atoms with Gasteiger partial charge in [-0.25, -0.2) is 9.78 Å². The van der Waals surface area contributed by atoms with Crippen molar-refractivity contribution < 1.29 is 19.1 Å². The van der Waals surface area contributed by atoms with Crippen LogP contribution in [0.25, 0.3) is 22.0 Å². The predicted octanol–water partition coefficient (Wildman–Crippen LogP) is 6.21. The maximum Gasteiger partial charge on any atom is 0.411 e. The first-order chi connectivity index (χ1) is 18.9. The summed E-state index contributed by atoms with van der Waals surface area (Å²) >= 11 is 6.61. The highest BCUT2D eigenvalue weighted by Crippen LogP contribution is 2.36. The van der Waals surface area contributed by atoms with E-state index in [1.54, 1.807) is 24.3 Å². The number of fused-ring (bicyclic) bond motifs is 5. The molecule has 0 aliphatic carbocycles. The lowest BCUT2D eigenvalue weighted by molar-refractivity contribution is -0.116. The number of imidazole rings is 1. The van der Waals surface area contributed by atoms with E-state index in [1.165, 1.54) is 7.11 Å². The number of ether oxygens (including phenoxy) is 1. The van der Waals surface area contributed by atoms with E-state index in [0.717, 1.165) is 10.8 Å². The second kappa shape index (κ2) is 11.4. The second-order valence-corrected chi connectivity index (χ2v) is 9.39. The highest BCUT2D eigenvalue weighted by atomic mass is 35.5. The third-order valence-electron chi connectivity index (χ3n) is 6.40. The molecule has 0 radical (unpaired) electrons. The number of carbonyl (C=O) groups excluding carboxylic acids is 3. The first kappa shape index (κ1) is 26.0. The third kappa shape index (κ3) is 5.78. The van der Waals surface area contributed by atoms with Crippen LogP contribution in [0.15, 0.2) is 72.8 Å². The molecule has 2 heterocycles. The molecule has 0 spiro atoms. The van der Waals surface area contributed by atoms with Gasteiger partial charge in [0.1, 0.15) is 16.7 Å². The van der Waals surface area contributed by atoms with Crippen LogP contribution in [0.5, 0.6) is 0 Å². The van der Waals surface area contributed by atoms with Gasteiger partial charge in [0.05, 0.1) is 18.8 Å². The fourth-order valence-corrected chi connectivity index (χ4v) is 4.73. The number of halogens is 1. The molecule has 1 aliphatic heterocycles. The van der Waals surface area contributed by atoms with Gasteiger partial charge in [0.2, 0.25) is 5.91 Å². The minimum absolute atomic E-state index is 0.206. The van der Waals surface area contributed by atoms with Crippen LogP contribution >= 0.6 is 11.6 Å². The molecule has 198 valence electrons. The number of nitrogens with one attached hydrogen (secondary N) is 4. The fourth-order valence-electron chi connectivity index (χ4n) is 4.49. The molecule has 4 aromatic rings. The lowest BCUT2D eigenvalue weighted by atomic mass is 10.0. The number of nitrogens with zero attached hydrogens (tertiary/aromatic N) is 1. The molecule has 2 bridgehead atoms. The number of amides is 3. The number of aromatic nitrogens is 2. The van der Waals surface area contributed by atoms with Gasteiger partial charge in [0.15, 0.2) is 0 Å². The van der Waals surface area contributed by atoms with Crippen LogP contribution in [-0.2, 0) is 9.53 Å². The smallest absolute Gasteiger partial charge is 0.411 e. The number of allylic oxidation sites excluding steroid dienone is 1. The van der Waals surface area contributed by atoms with E-state index in [0.29, 0.717) is 46.9 Å². The zero-order valence-corrected chi connectivity index (χ0v) is 21.8. The minimum atomic E-state index is -0.638. The average molecular weight is 544 g/mol. The van der Waals surface area contributed by atoms with Crippen LogP contribution < -0.4 is 16.0 Å². The topological polar surface area (TPSA) is 125 Å². The summed E-state index contributed by atoms with van der Waals surface area (Å²) in [4.78, 5) is 45.7. The van der Waals surface area contributed by atoms with Crippen molar-refractivity contribution in [2.75, 3.05) is 17.7 Å². The average Bonchev–Trinajstić information content (AvgIpc) is 3.32. The van der Waals surface area contributed by atoms with Gasteiger partial charge >= 0.3 is 6.09 Å². The van der Waals surface area contributed by atoms with Gasteiger partial charge in [0.25, 0.3) is 5.91 Å². The van der Waals surface area contributed by atoms with E-state index >= 15 is 0 Å². The zero-order chi connectivity index (χ0) is 27.4. The highest BCUT2D eigenvalue weighted by molar-refractivity contribution is 6.32. The van der Waals surface area contributed by atoms with E-state index in [9.17, 15) is 14.4 Å². The third-order valence-corrected chi connectivity index (χ3v) is 6.68. The molecule has 0 saturated carbocycles. The fraction of sp³-hybridized carbons (Fsp3) is 0.172. The minimum Gasteiger partial charge on any atom is -0.453 e. The Morgan fingerprint density at radius 3 is 2.74 bits per heavy atom. The van der Waals surface area contributed by atoms with E-state index in [4.69, 9.17) is 16.6 Å². The number of rotatable bonds is 3. The number of anilines is 2. The van der Waals surface area contributed by atoms with Crippen molar-refractivity contribution in [3.05, 3.63) is 89.4 Å². The summed E-state index contributed by atoms with van der Waals surface area (Å²) in [6, 6.07) is 17.8. The molecule has 1 aliphatic rings. The van der Waals surface area contributed by atoms with E-state index in [-0.39, 0.29) is 23.4 Å². The van der Waals surface area contributed by atoms with Crippen molar-refractivity contribution in [2.45, 2.75) is 25.3 Å². The molecular weight excluding hydrogens is 518 g/mol. The lowest BCUT2D eigenvalue weighted by Gasteiger charge is -2.16. The molecule has 4 N–H and O–H groups in total. The Balaban J connectivity index is 1.52. The normalized spacial score (nSPS) is 15.2. The van der Waals surface area contributed by atoms with Crippen molar-refractivity contribution in [3.63, 3.8) is 0 Å². The zero-order valence-electron chi connectivity index (χ0n) is 21.1. The summed E-state index contributed by atoms with van der Waals surface area (Å²) in [7, 11) is 1.27. The molecule has 39 heavy (non-hydrogen) atoms. The van der Waals surface area contributed by atoms with Gasteiger partial charge < -0.3 is 20.4 Å². The molecule has 10 heteroatoms. The standard InChI is InChI=1S/C29H26ClN5O4/c1-39-29(38)31-18-14-15-21-23(16-18)32-24(36)13-4-2-3-12-22(27-34-25(21)26(30)35-27)33-28(37)20-11-7-9-17-8-5-6-10-19(17)20/h2-3,5-11,14-16,22H,4,12-13H2,1H3,(H,31,38)(H,32,36)(H,33,37)(H,34,35). The highest BCUT2D eigenvalue weighted by Gasteiger charge is 2.23. The first-order valence-corrected chi connectivity index (χ1v) is 12.8. The largest absolute Gasteiger partial charge is 0.453 e. The van der Waals surface area contributed by atoms with Crippen molar-refractivity contribution >= 4 is 51.7 Å². The lowest BCUT2D eigenvalue weighted by Crippen LogP contribution is -2.29. The van der Waals surface area contributed by atoms with Crippen molar-refractivity contribution in [2.24, 2.45) is 0 Å². The molecule has 1 aromatic heterocycles. The molecular formula is C29H26ClN5O4. The molecule has 9 nitrogen and oxygen atoms in total. The number of hydrogen-bond acceptors (Lipinski definition) is 5. The Morgan fingerprint density at radius 1 is 1.08 bits per heavy atom. The Morgan fingerprint density at radius 2 is 1.90 bits per heavy atom. The number of carbonyl (C=O) groups is 3. The molecule has 1 unspecified atom stereocenters. The van der Waals surface area contributed by atoms with Gasteiger partial charge in [-0.15, -0.1) is 0 Å². The Labute approximate surface area is 229 Å². The monoisotopic (exact) mass is 543 g/mol. The molecule has 1 atom stereocenters. The molecule has 0 saturated heterocycles. The maximum absolute atomic E-state index is 13.4. The number of H-pyrrole nitrogens is 1. The van der Waals surface area contributed by atoms with Crippen LogP contribution in [0.4, 0.5) is 16.2 Å². The van der Waals surface area contributed by atoms with Crippen LogP contribution in [-0.4, -0.2) is 35.0 Å². The molecule has 0 fully saturated rings. The number of methoxy groups -OCH3 is 1. The predicted molar refractivity (Wildman–Crippen MR) is 151 cm³/mol. The maximum atomic E-state index is 13.4. The van der Waals surface area contributed by atoms with Crippen LogP contribution in [0, 0.1) is 0 Å². The van der Waals surface area contributed by atoms with E-state index in [2.05, 4.69) is 25.7 Å². The number of aromatic amines is 1. The van der Waals surface area contributed by atoms with Gasteiger partial charge in [-0.05, 0) is 47.9 Å².